The van der Waals surface area contributed by atoms with Crippen molar-refractivity contribution in [1.82, 2.24) is 0 Å². The minimum absolute atomic E-state index is 0.0735. The van der Waals surface area contributed by atoms with Gasteiger partial charge in [-0.15, -0.1) is 0 Å². The van der Waals surface area contributed by atoms with Gasteiger partial charge in [-0.1, -0.05) is 29.3 Å². The van der Waals surface area contributed by atoms with Crippen molar-refractivity contribution in [2.75, 3.05) is 31.4 Å². The molecule has 0 aliphatic carbocycles. The molecule has 0 saturated carbocycles. The summed E-state index contributed by atoms with van der Waals surface area (Å²) in [6.07, 6.45) is 0.953. The second-order valence-corrected chi connectivity index (χ2v) is 6.39. The average molecular weight is 367 g/mol. The van der Waals surface area contributed by atoms with E-state index >= 15 is 0 Å². The van der Waals surface area contributed by atoms with Gasteiger partial charge in [0.15, 0.2) is 0 Å². The van der Waals surface area contributed by atoms with E-state index in [1.165, 1.54) is 0 Å². The molecular formula is C18H20Cl2N2O2. The molecule has 0 atom stereocenters. The van der Waals surface area contributed by atoms with Crippen molar-refractivity contribution in [1.29, 1.82) is 0 Å². The monoisotopic (exact) mass is 366 g/mol. The molecule has 0 fully saturated rings. The van der Waals surface area contributed by atoms with E-state index in [0.29, 0.717) is 34.3 Å². The molecule has 0 bridgehead atoms. The van der Waals surface area contributed by atoms with Crippen LogP contribution in [0, 0.1) is 0 Å². The summed E-state index contributed by atoms with van der Waals surface area (Å²) in [6.45, 7) is 0. The number of ether oxygens (including phenoxy) is 1. The van der Waals surface area contributed by atoms with Crippen molar-refractivity contribution in [3.05, 3.63) is 52.0 Å². The number of methoxy groups -OCH3 is 1. The maximum atomic E-state index is 12.1. The Labute approximate surface area is 152 Å². The third-order valence-corrected chi connectivity index (χ3v) is 4.17. The molecule has 0 heterocycles. The molecule has 0 aliphatic heterocycles. The normalized spacial score (nSPS) is 10.4. The third kappa shape index (κ3) is 4.79. The minimum atomic E-state index is -0.0735. The predicted molar refractivity (Wildman–Crippen MR) is 101 cm³/mol. The van der Waals surface area contributed by atoms with Crippen LogP contribution < -0.4 is 15.0 Å². The second-order valence-electron chi connectivity index (χ2n) is 5.58. The molecule has 4 nitrogen and oxygen atoms in total. The molecule has 0 aliphatic rings. The van der Waals surface area contributed by atoms with Gasteiger partial charge in [-0.2, -0.15) is 0 Å². The lowest BCUT2D eigenvalue weighted by Gasteiger charge is -2.15. The molecule has 6 heteroatoms. The smallest absolute Gasteiger partial charge is 0.224 e. The molecule has 0 spiro atoms. The number of benzene rings is 2. The second kappa shape index (κ2) is 8.27. The summed E-state index contributed by atoms with van der Waals surface area (Å²) in [5.74, 6) is 0.552. The Morgan fingerprint density at radius 1 is 1.12 bits per heavy atom. The van der Waals surface area contributed by atoms with Crippen LogP contribution in [0.4, 0.5) is 11.4 Å². The minimum Gasteiger partial charge on any atom is -0.495 e. The molecule has 0 saturated heterocycles. The Hall–Kier alpha value is -1.91. The lowest BCUT2D eigenvalue weighted by atomic mass is 10.1. The summed E-state index contributed by atoms with van der Waals surface area (Å²) in [4.78, 5) is 14.0. The first-order chi connectivity index (χ1) is 11.4. The Kier molecular flexibility index (Phi) is 6.35. The number of hydrogen-bond acceptors (Lipinski definition) is 3. The van der Waals surface area contributed by atoms with Crippen molar-refractivity contribution < 1.29 is 9.53 Å². The number of carbonyl (C=O) groups is 1. The Bertz CT molecular complexity index is 733. The van der Waals surface area contributed by atoms with Crippen molar-refractivity contribution in [3.63, 3.8) is 0 Å². The quantitative estimate of drug-likeness (QED) is 0.809. The Morgan fingerprint density at radius 3 is 2.46 bits per heavy atom. The SMILES string of the molecule is COc1ccc(CCC(=O)Nc2ccc(N(C)C)c(Cl)c2)cc1Cl. The molecule has 0 unspecified atom stereocenters. The fourth-order valence-electron chi connectivity index (χ4n) is 2.29. The molecule has 1 N–H and O–H groups in total. The zero-order chi connectivity index (χ0) is 17.7. The summed E-state index contributed by atoms with van der Waals surface area (Å²) in [5.41, 5.74) is 2.57. The van der Waals surface area contributed by atoms with E-state index in [-0.39, 0.29) is 5.91 Å². The van der Waals surface area contributed by atoms with E-state index in [9.17, 15) is 4.79 Å². The van der Waals surface area contributed by atoms with Gasteiger partial charge in [0, 0.05) is 26.2 Å². The number of nitrogens with zero attached hydrogens (tertiary/aromatic N) is 1. The van der Waals surface area contributed by atoms with Crippen LogP contribution in [-0.4, -0.2) is 27.1 Å². The first-order valence-corrected chi connectivity index (χ1v) is 8.25. The zero-order valence-electron chi connectivity index (χ0n) is 13.9. The van der Waals surface area contributed by atoms with Crippen molar-refractivity contribution in [2.24, 2.45) is 0 Å². The summed E-state index contributed by atoms with van der Waals surface area (Å²) >= 11 is 12.3. The number of halogens is 2. The van der Waals surface area contributed by atoms with Crippen LogP contribution in [0.15, 0.2) is 36.4 Å². The molecule has 2 aromatic rings. The molecule has 0 aromatic heterocycles. The molecule has 2 rings (SSSR count). The van der Waals surface area contributed by atoms with Gasteiger partial charge in [0.25, 0.3) is 0 Å². The fraction of sp³-hybridized carbons (Fsp3) is 0.278. The summed E-state index contributed by atoms with van der Waals surface area (Å²) < 4.78 is 5.11. The van der Waals surface area contributed by atoms with Gasteiger partial charge >= 0.3 is 0 Å². The fourth-order valence-corrected chi connectivity index (χ4v) is 2.92. The molecule has 2 aromatic carbocycles. The van der Waals surface area contributed by atoms with E-state index < -0.39 is 0 Å². The van der Waals surface area contributed by atoms with Gasteiger partial charge in [0.2, 0.25) is 5.91 Å². The lowest BCUT2D eigenvalue weighted by molar-refractivity contribution is -0.116. The molecule has 24 heavy (non-hydrogen) atoms. The van der Waals surface area contributed by atoms with Crippen LogP contribution >= 0.6 is 23.2 Å². The van der Waals surface area contributed by atoms with Crippen molar-refractivity contribution in [2.45, 2.75) is 12.8 Å². The summed E-state index contributed by atoms with van der Waals surface area (Å²) in [5, 5.41) is 4.00. The van der Waals surface area contributed by atoms with Crippen molar-refractivity contribution in [3.8, 4) is 5.75 Å². The van der Waals surface area contributed by atoms with E-state index in [1.54, 1.807) is 19.2 Å². The van der Waals surface area contributed by atoms with Crippen LogP contribution in [0.1, 0.15) is 12.0 Å². The third-order valence-electron chi connectivity index (χ3n) is 3.57. The van der Waals surface area contributed by atoms with Crippen LogP contribution in [0.2, 0.25) is 10.0 Å². The van der Waals surface area contributed by atoms with Gasteiger partial charge in [-0.25, -0.2) is 0 Å². The first kappa shape index (κ1) is 18.4. The number of aryl methyl sites for hydroxylation is 1. The lowest BCUT2D eigenvalue weighted by Crippen LogP contribution is -2.13. The van der Waals surface area contributed by atoms with Gasteiger partial charge < -0.3 is 15.0 Å². The van der Waals surface area contributed by atoms with E-state index in [2.05, 4.69) is 5.32 Å². The number of nitrogens with one attached hydrogen (secondary N) is 1. The van der Waals surface area contributed by atoms with Crippen LogP contribution in [0.5, 0.6) is 5.75 Å². The molecule has 0 radical (unpaired) electrons. The molecular weight excluding hydrogens is 347 g/mol. The zero-order valence-corrected chi connectivity index (χ0v) is 15.4. The maximum absolute atomic E-state index is 12.1. The number of carbonyl (C=O) groups excluding carboxylic acids is 1. The Balaban J connectivity index is 1.94. The van der Waals surface area contributed by atoms with Gasteiger partial charge in [0.05, 0.1) is 22.8 Å². The van der Waals surface area contributed by atoms with Crippen LogP contribution in [0.3, 0.4) is 0 Å². The van der Waals surface area contributed by atoms with Gasteiger partial charge in [-0.3, -0.25) is 4.79 Å². The number of hydrogen-bond donors (Lipinski definition) is 1. The topological polar surface area (TPSA) is 41.6 Å². The Morgan fingerprint density at radius 2 is 1.88 bits per heavy atom. The van der Waals surface area contributed by atoms with E-state index in [1.807, 2.05) is 43.3 Å². The largest absolute Gasteiger partial charge is 0.495 e. The highest BCUT2D eigenvalue weighted by Crippen LogP contribution is 2.28. The highest BCUT2D eigenvalue weighted by Gasteiger charge is 2.08. The van der Waals surface area contributed by atoms with Gasteiger partial charge in [-0.05, 0) is 42.3 Å². The highest BCUT2D eigenvalue weighted by molar-refractivity contribution is 6.33. The van der Waals surface area contributed by atoms with E-state index in [0.717, 1.165) is 11.3 Å². The highest BCUT2D eigenvalue weighted by atomic mass is 35.5. The number of amides is 1. The predicted octanol–water partition coefficient (Wildman–Crippen LogP) is 4.64. The number of rotatable bonds is 6. The average Bonchev–Trinajstić information content (AvgIpc) is 2.52. The summed E-state index contributed by atoms with van der Waals surface area (Å²) in [6, 6.07) is 11.0. The summed E-state index contributed by atoms with van der Waals surface area (Å²) in [7, 11) is 5.40. The maximum Gasteiger partial charge on any atom is 0.224 e. The number of anilines is 2. The molecule has 1 amide bonds. The van der Waals surface area contributed by atoms with Crippen LogP contribution in [-0.2, 0) is 11.2 Å². The molecule has 128 valence electrons. The van der Waals surface area contributed by atoms with E-state index in [4.69, 9.17) is 27.9 Å². The first-order valence-electron chi connectivity index (χ1n) is 7.50. The van der Waals surface area contributed by atoms with Gasteiger partial charge in [0.1, 0.15) is 5.75 Å². The standard InChI is InChI=1S/C18H20Cl2N2O2/c1-22(2)16-7-6-13(11-14(16)19)21-18(23)9-5-12-4-8-17(24-3)15(20)10-12/h4,6-8,10-11H,5,9H2,1-3H3,(H,21,23). The van der Waals surface area contributed by atoms with Crippen LogP contribution in [0.25, 0.3) is 0 Å². The van der Waals surface area contributed by atoms with Crippen molar-refractivity contribution >= 4 is 40.5 Å².